The summed E-state index contributed by atoms with van der Waals surface area (Å²) in [5.74, 6) is -0.560. The molecule has 0 amide bonds. The first kappa shape index (κ1) is 12.9. The van der Waals surface area contributed by atoms with Crippen LogP contribution >= 0.6 is 12.4 Å². The highest BCUT2D eigenvalue weighted by molar-refractivity contribution is 6.58. The van der Waals surface area contributed by atoms with Crippen LogP contribution in [0.5, 0.6) is 0 Å². The number of hydrogen-bond donors (Lipinski definition) is 2. The number of pyridine rings is 1. The number of carbonyl (C=O) groups excluding carboxylic acids is 1. The maximum Gasteiger partial charge on any atom is 0.490 e. The van der Waals surface area contributed by atoms with Gasteiger partial charge in [-0.2, -0.15) is 0 Å². The van der Waals surface area contributed by atoms with Crippen molar-refractivity contribution in [1.29, 1.82) is 0 Å². The average molecular weight is 217 g/mol. The molecule has 0 radical (unpaired) electrons. The predicted octanol–water partition coefficient (Wildman–Crippen LogP) is -1.03. The van der Waals surface area contributed by atoms with E-state index in [1.807, 2.05) is 0 Å². The van der Waals surface area contributed by atoms with Crippen LogP contribution in [0.3, 0.4) is 0 Å². The first-order valence-electron chi connectivity index (χ1n) is 3.54. The normalized spacial score (nSPS) is 8.79. The lowest BCUT2D eigenvalue weighted by molar-refractivity contribution is 0.0600. The molecule has 0 aliphatic carbocycles. The summed E-state index contributed by atoms with van der Waals surface area (Å²) in [6.07, 6.45) is 2.55. The molecule has 0 saturated heterocycles. The summed E-state index contributed by atoms with van der Waals surface area (Å²) < 4.78 is 4.43. The summed E-state index contributed by atoms with van der Waals surface area (Å²) in [6.45, 7) is 0. The Kier molecular flexibility index (Phi) is 5.15. The monoisotopic (exact) mass is 217 g/mol. The lowest BCUT2D eigenvalue weighted by Gasteiger charge is -2.01. The fraction of sp³-hybridized carbons (Fsp3) is 0.143. The van der Waals surface area contributed by atoms with Gasteiger partial charge in [0.2, 0.25) is 0 Å². The Labute approximate surface area is 87.3 Å². The summed E-state index contributed by atoms with van der Waals surface area (Å²) in [5, 5.41) is 17.5. The van der Waals surface area contributed by atoms with Crippen LogP contribution in [-0.2, 0) is 4.74 Å². The molecule has 1 aromatic rings. The van der Waals surface area contributed by atoms with Gasteiger partial charge in [-0.05, 0) is 6.07 Å². The van der Waals surface area contributed by atoms with Crippen LogP contribution in [0.4, 0.5) is 0 Å². The molecule has 0 fully saturated rings. The number of hydrogen-bond acceptors (Lipinski definition) is 5. The Bertz CT molecular complexity index is 320. The number of nitrogens with zero attached hydrogens (tertiary/aromatic N) is 1. The van der Waals surface area contributed by atoms with Crippen LogP contribution in [0.15, 0.2) is 18.5 Å². The molecule has 0 saturated carbocycles. The number of methoxy groups -OCH3 is 1. The predicted molar refractivity (Wildman–Crippen MR) is 52.7 cm³/mol. The van der Waals surface area contributed by atoms with Gasteiger partial charge < -0.3 is 14.8 Å². The van der Waals surface area contributed by atoms with Crippen molar-refractivity contribution in [3.05, 3.63) is 24.0 Å². The van der Waals surface area contributed by atoms with Crippen molar-refractivity contribution in [2.75, 3.05) is 7.11 Å². The number of ether oxygens (including phenoxy) is 1. The van der Waals surface area contributed by atoms with Gasteiger partial charge in [0.25, 0.3) is 0 Å². The van der Waals surface area contributed by atoms with Gasteiger partial charge in [0, 0.05) is 17.9 Å². The highest BCUT2D eigenvalue weighted by Crippen LogP contribution is 1.96. The summed E-state index contributed by atoms with van der Waals surface area (Å²) in [4.78, 5) is 14.6. The van der Waals surface area contributed by atoms with E-state index in [0.717, 1.165) is 0 Å². The second-order valence-corrected chi connectivity index (χ2v) is 2.37. The second-order valence-electron chi connectivity index (χ2n) is 2.37. The number of aromatic nitrogens is 1. The SMILES string of the molecule is COC(=O)c1cncc(B(O)O)c1.Cl. The number of halogens is 1. The molecule has 76 valence electrons. The van der Waals surface area contributed by atoms with Crippen molar-refractivity contribution in [3.63, 3.8) is 0 Å². The van der Waals surface area contributed by atoms with Crippen molar-refractivity contribution in [2.24, 2.45) is 0 Å². The molecule has 1 aromatic heterocycles. The molecule has 0 aliphatic rings. The number of carbonyl (C=O) groups is 1. The van der Waals surface area contributed by atoms with E-state index in [0.29, 0.717) is 0 Å². The molecule has 14 heavy (non-hydrogen) atoms. The molecule has 0 spiro atoms. The van der Waals surface area contributed by atoms with E-state index in [2.05, 4.69) is 9.72 Å². The maximum atomic E-state index is 11.0. The minimum atomic E-state index is -1.63. The van der Waals surface area contributed by atoms with Gasteiger partial charge in [0.05, 0.1) is 12.7 Å². The molecule has 0 atom stereocenters. The molecule has 7 heteroatoms. The third kappa shape index (κ3) is 2.99. The van der Waals surface area contributed by atoms with Gasteiger partial charge in [0.15, 0.2) is 0 Å². The summed E-state index contributed by atoms with van der Waals surface area (Å²) in [7, 11) is -0.387. The zero-order chi connectivity index (χ0) is 9.84. The first-order chi connectivity index (χ1) is 6.15. The zero-order valence-electron chi connectivity index (χ0n) is 7.38. The Morgan fingerprint density at radius 2 is 2.14 bits per heavy atom. The van der Waals surface area contributed by atoms with E-state index in [4.69, 9.17) is 10.0 Å². The molecule has 0 aromatic carbocycles. The molecule has 1 heterocycles. The first-order valence-corrected chi connectivity index (χ1v) is 3.54. The lowest BCUT2D eigenvalue weighted by Crippen LogP contribution is -2.30. The molecule has 5 nitrogen and oxygen atoms in total. The number of rotatable bonds is 2. The fourth-order valence-electron chi connectivity index (χ4n) is 0.828. The van der Waals surface area contributed by atoms with Crippen LogP contribution in [0, 0.1) is 0 Å². The van der Waals surface area contributed by atoms with Gasteiger partial charge in [-0.1, -0.05) is 0 Å². The smallest absolute Gasteiger partial charge is 0.465 e. The van der Waals surface area contributed by atoms with Gasteiger partial charge in [-0.25, -0.2) is 4.79 Å². The Morgan fingerprint density at radius 3 is 2.64 bits per heavy atom. The van der Waals surface area contributed by atoms with Crippen molar-refractivity contribution in [2.45, 2.75) is 0 Å². The molecule has 2 N–H and O–H groups in total. The van der Waals surface area contributed by atoms with Crippen LogP contribution < -0.4 is 5.46 Å². The van der Waals surface area contributed by atoms with Gasteiger partial charge in [-0.3, -0.25) is 4.98 Å². The van der Waals surface area contributed by atoms with Crippen LogP contribution in [0.2, 0.25) is 0 Å². The highest BCUT2D eigenvalue weighted by atomic mass is 35.5. The molecular formula is C7H9BClNO4. The third-order valence-electron chi connectivity index (χ3n) is 1.48. The molecular weight excluding hydrogens is 208 g/mol. The summed E-state index contributed by atoms with van der Waals surface area (Å²) in [6, 6.07) is 1.31. The van der Waals surface area contributed by atoms with Crippen molar-refractivity contribution in [3.8, 4) is 0 Å². The third-order valence-corrected chi connectivity index (χ3v) is 1.48. The molecule has 0 bridgehead atoms. The Balaban J connectivity index is 0.00000169. The quantitative estimate of drug-likeness (QED) is 0.489. The van der Waals surface area contributed by atoms with Crippen LogP contribution in [0.25, 0.3) is 0 Å². The van der Waals surface area contributed by atoms with Crippen molar-refractivity contribution in [1.82, 2.24) is 4.98 Å². The Hall–Kier alpha value is -1.11. The van der Waals surface area contributed by atoms with Crippen LogP contribution in [0.1, 0.15) is 10.4 Å². The summed E-state index contributed by atoms with van der Waals surface area (Å²) in [5.41, 5.74) is 0.344. The minimum Gasteiger partial charge on any atom is -0.465 e. The minimum absolute atomic E-state index is 0. The number of esters is 1. The largest absolute Gasteiger partial charge is 0.490 e. The van der Waals surface area contributed by atoms with Crippen molar-refractivity contribution >= 4 is 31.0 Å². The van der Waals surface area contributed by atoms with E-state index < -0.39 is 13.1 Å². The summed E-state index contributed by atoms with van der Waals surface area (Å²) >= 11 is 0. The van der Waals surface area contributed by atoms with E-state index >= 15 is 0 Å². The topological polar surface area (TPSA) is 79.7 Å². The van der Waals surface area contributed by atoms with Gasteiger partial charge in [-0.15, -0.1) is 12.4 Å². The standard InChI is InChI=1S/C7H8BNO4.ClH/c1-13-7(10)5-2-6(8(11)12)4-9-3-5;/h2-4,11-12H,1H3;1H. The van der Waals surface area contributed by atoms with E-state index in [-0.39, 0.29) is 23.4 Å². The van der Waals surface area contributed by atoms with Crippen LogP contribution in [-0.4, -0.2) is 35.2 Å². The van der Waals surface area contributed by atoms with E-state index in [1.165, 1.54) is 25.6 Å². The fourth-order valence-corrected chi connectivity index (χ4v) is 0.828. The molecule has 1 rings (SSSR count). The average Bonchev–Trinajstić information content (AvgIpc) is 2.17. The van der Waals surface area contributed by atoms with Gasteiger partial charge in [0.1, 0.15) is 0 Å². The lowest BCUT2D eigenvalue weighted by atomic mass is 9.81. The van der Waals surface area contributed by atoms with E-state index in [9.17, 15) is 4.79 Å². The second kappa shape index (κ2) is 5.59. The van der Waals surface area contributed by atoms with E-state index in [1.54, 1.807) is 0 Å². The Morgan fingerprint density at radius 1 is 1.50 bits per heavy atom. The van der Waals surface area contributed by atoms with Gasteiger partial charge >= 0.3 is 13.1 Å². The maximum absolute atomic E-state index is 11.0. The molecule has 0 aliphatic heterocycles. The van der Waals surface area contributed by atoms with Crippen molar-refractivity contribution < 1.29 is 19.6 Å². The highest BCUT2D eigenvalue weighted by Gasteiger charge is 2.14. The molecule has 0 unspecified atom stereocenters. The zero-order valence-corrected chi connectivity index (χ0v) is 8.19.